The summed E-state index contributed by atoms with van der Waals surface area (Å²) in [6.07, 6.45) is 0. The Morgan fingerprint density at radius 3 is 2.24 bits per heavy atom. The van der Waals surface area contributed by atoms with Crippen molar-refractivity contribution in [2.24, 2.45) is 0 Å². The molecule has 0 saturated carbocycles. The second-order valence-electron chi connectivity index (χ2n) is 6.07. The fraction of sp³-hybridized carbons (Fsp3) is 0.278. The van der Waals surface area contributed by atoms with Crippen molar-refractivity contribution in [3.63, 3.8) is 0 Å². The van der Waals surface area contributed by atoms with E-state index >= 15 is 0 Å². The smallest absolute Gasteiger partial charge is 0.335 e. The number of aromatic carboxylic acids is 1. The molecule has 0 spiro atoms. The van der Waals surface area contributed by atoms with E-state index in [-0.39, 0.29) is 22.5 Å². The van der Waals surface area contributed by atoms with Gasteiger partial charge in [0.25, 0.3) is 0 Å². The molecule has 1 atom stereocenters. The van der Waals surface area contributed by atoms with E-state index in [1.807, 2.05) is 37.3 Å². The maximum absolute atomic E-state index is 12.6. The number of carboxylic acid groups (broad SMARTS) is 1. The van der Waals surface area contributed by atoms with Crippen LogP contribution in [0.3, 0.4) is 0 Å². The van der Waals surface area contributed by atoms with Crippen LogP contribution in [0.5, 0.6) is 0 Å². The third kappa shape index (κ3) is 4.80. The Morgan fingerprint density at radius 1 is 1.04 bits per heavy atom. The SMILES string of the molecule is CC(C)NS(=O)(=O)c1cc(C(=O)O)ccc1NC(C)c1ccccc1. The zero-order valence-electron chi connectivity index (χ0n) is 14.4. The second kappa shape index (κ2) is 7.67. The Hall–Kier alpha value is -2.38. The Kier molecular flexibility index (Phi) is 5.81. The summed E-state index contributed by atoms with van der Waals surface area (Å²) in [6.45, 7) is 5.32. The lowest BCUT2D eigenvalue weighted by atomic mass is 10.1. The van der Waals surface area contributed by atoms with Crippen LogP contribution in [0.1, 0.15) is 42.7 Å². The summed E-state index contributed by atoms with van der Waals surface area (Å²) in [5, 5.41) is 12.3. The standard InChI is InChI=1S/C18H22N2O4S/c1-12(2)20-25(23,24)17-11-15(18(21)22)9-10-16(17)19-13(3)14-7-5-4-6-8-14/h4-13,19-20H,1-3H3,(H,21,22). The molecular weight excluding hydrogens is 340 g/mol. The van der Waals surface area contributed by atoms with Gasteiger partial charge in [0, 0.05) is 12.1 Å². The Morgan fingerprint density at radius 2 is 1.68 bits per heavy atom. The molecule has 2 aromatic carbocycles. The molecule has 2 rings (SSSR count). The molecule has 25 heavy (non-hydrogen) atoms. The largest absolute Gasteiger partial charge is 0.478 e. The van der Waals surface area contributed by atoms with Gasteiger partial charge in [0.2, 0.25) is 10.0 Å². The minimum absolute atomic E-state index is 0.0797. The summed E-state index contributed by atoms with van der Waals surface area (Å²) < 4.78 is 27.7. The summed E-state index contributed by atoms with van der Waals surface area (Å²) in [7, 11) is -3.85. The van der Waals surface area contributed by atoms with Gasteiger partial charge >= 0.3 is 5.97 Å². The lowest BCUT2D eigenvalue weighted by molar-refractivity contribution is 0.0696. The van der Waals surface area contributed by atoms with Gasteiger partial charge in [0.1, 0.15) is 4.90 Å². The molecule has 0 aliphatic rings. The lowest BCUT2D eigenvalue weighted by Gasteiger charge is -2.20. The summed E-state index contributed by atoms with van der Waals surface area (Å²) in [4.78, 5) is 11.1. The molecule has 6 nitrogen and oxygen atoms in total. The number of benzene rings is 2. The summed E-state index contributed by atoms with van der Waals surface area (Å²) in [5.41, 5.74) is 1.27. The maximum Gasteiger partial charge on any atom is 0.335 e. The fourth-order valence-electron chi connectivity index (χ4n) is 2.43. The third-order valence-corrected chi connectivity index (χ3v) is 5.28. The number of rotatable bonds is 7. The number of nitrogens with one attached hydrogen (secondary N) is 2. The summed E-state index contributed by atoms with van der Waals surface area (Å²) >= 11 is 0. The van der Waals surface area contributed by atoms with E-state index in [1.165, 1.54) is 18.2 Å². The minimum atomic E-state index is -3.85. The molecule has 0 radical (unpaired) electrons. The molecule has 0 fully saturated rings. The molecule has 134 valence electrons. The fourth-order valence-corrected chi connectivity index (χ4v) is 3.88. The van der Waals surface area contributed by atoms with Crippen molar-refractivity contribution in [1.82, 2.24) is 4.72 Å². The number of hydrogen-bond donors (Lipinski definition) is 3. The predicted molar refractivity (Wildman–Crippen MR) is 97.3 cm³/mol. The molecule has 0 aliphatic heterocycles. The highest BCUT2D eigenvalue weighted by molar-refractivity contribution is 7.89. The van der Waals surface area contributed by atoms with Crippen molar-refractivity contribution < 1.29 is 18.3 Å². The summed E-state index contributed by atoms with van der Waals surface area (Å²) in [6, 6.07) is 13.2. The quantitative estimate of drug-likeness (QED) is 0.703. The van der Waals surface area contributed by atoms with E-state index in [9.17, 15) is 18.3 Å². The number of anilines is 1. The number of hydrogen-bond acceptors (Lipinski definition) is 4. The molecule has 0 heterocycles. The second-order valence-corrected chi connectivity index (χ2v) is 7.75. The van der Waals surface area contributed by atoms with Gasteiger partial charge in [-0.25, -0.2) is 17.9 Å². The van der Waals surface area contributed by atoms with E-state index in [0.29, 0.717) is 5.69 Å². The molecule has 0 aliphatic carbocycles. The predicted octanol–water partition coefficient (Wildman–Crippen LogP) is 3.24. The van der Waals surface area contributed by atoms with E-state index < -0.39 is 16.0 Å². The van der Waals surface area contributed by atoms with Crippen LogP contribution in [-0.2, 0) is 10.0 Å². The molecule has 0 bridgehead atoms. The summed E-state index contributed by atoms with van der Waals surface area (Å²) in [5.74, 6) is -1.18. The molecule has 0 aromatic heterocycles. The number of carboxylic acids is 1. The van der Waals surface area contributed by atoms with Crippen LogP contribution in [0.4, 0.5) is 5.69 Å². The molecule has 3 N–H and O–H groups in total. The topological polar surface area (TPSA) is 95.5 Å². The first-order chi connectivity index (χ1) is 11.7. The highest BCUT2D eigenvalue weighted by Crippen LogP contribution is 2.27. The Balaban J connectivity index is 2.45. The van der Waals surface area contributed by atoms with Gasteiger partial charge in [-0.15, -0.1) is 0 Å². The van der Waals surface area contributed by atoms with Gasteiger partial charge in [-0.05, 0) is 44.5 Å². The van der Waals surface area contributed by atoms with E-state index in [1.54, 1.807) is 13.8 Å². The van der Waals surface area contributed by atoms with Crippen molar-refractivity contribution in [3.05, 3.63) is 59.7 Å². The Bertz CT molecular complexity index is 849. The lowest BCUT2D eigenvalue weighted by Crippen LogP contribution is -2.31. The van der Waals surface area contributed by atoms with Crippen LogP contribution in [0, 0.1) is 0 Å². The first kappa shape index (κ1) is 19.0. The normalized spacial score (nSPS) is 12.8. The number of sulfonamides is 1. The van der Waals surface area contributed by atoms with Gasteiger partial charge in [0.15, 0.2) is 0 Å². The van der Waals surface area contributed by atoms with Crippen LogP contribution in [0.25, 0.3) is 0 Å². The first-order valence-corrected chi connectivity index (χ1v) is 9.40. The first-order valence-electron chi connectivity index (χ1n) is 7.92. The van der Waals surface area contributed by atoms with Crippen molar-refractivity contribution in [2.45, 2.75) is 37.8 Å². The average molecular weight is 362 g/mol. The van der Waals surface area contributed by atoms with Crippen LogP contribution < -0.4 is 10.0 Å². The van der Waals surface area contributed by atoms with Crippen molar-refractivity contribution in [2.75, 3.05) is 5.32 Å². The Labute approximate surface area is 147 Å². The van der Waals surface area contributed by atoms with E-state index in [0.717, 1.165) is 5.56 Å². The van der Waals surface area contributed by atoms with E-state index in [2.05, 4.69) is 10.0 Å². The molecule has 0 saturated heterocycles. The van der Waals surface area contributed by atoms with Gasteiger partial charge in [0.05, 0.1) is 11.3 Å². The van der Waals surface area contributed by atoms with Crippen LogP contribution in [0.15, 0.2) is 53.4 Å². The molecule has 2 aromatic rings. The van der Waals surface area contributed by atoms with Crippen LogP contribution in [-0.4, -0.2) is 25.5 Å². The van der Waals surface area contributed by atoms with Crippen molar-refractivity contribution in [3.8, 4) is 0 Å². The van der Waals surface area contributed by atoms with Crippen LogP contribution >= 0.6 is 0 Å². The molecular formula is C18H22N2O4S. The van der Waals surface area contributed by atoms with E-state index in [4.69, 9.17) is 0 Å². The average Bonchev–Trinajstić information content (AvgIpc) is 2.54. The highest BCUT2D eigenvalue weighted by atomic mass is 32.2. The van der Waals surface area contributed by atoms with Gasteiger partial charge in [-0.3, -0.25) is 0 Å². The van der Waals surface area contributed by atoms with Gasteiger partial charge in [-0.2, -0.15) is 0 Å². The number of carbonyl (C=O) groups is 1. The van der Waals surface area contributed by atoms with Gasteiger partial charge in [-0.1, -0.05) is 30.3 Å². The zero-order valence-corrected chi connectivity index (χ0v) is 15.2. The van der Waals surface area contributed by atoms with Gasteiger partial charge < -0.3 is 10.4 Å². The van der Waals surface area contributed by atoms with Crippen molar-refractivity contribution in [1.29, 1.82) is 0 Å². The maximum atomic E-state index is 12.6. The molecule has 1 unspecified atom stereocenters. The van der Waals surface area contributed by atoms with Crippen LogP contribution in [0.2, 0.25) is 0 Å². The molecule has 7 heteroatoms. The zero-order chi connectivity index (χ0) is 18.6. The third-order valence-electron chi connectivity index (χ3n) is 3.58. The van der Waals surface area contributed by atoms with Crippen molar-refractivity contribution >= 4 is 21.7 Å². The monoisotopic (exact) mass is 362 g/mol. The minimum Gasteiger partial charge on any atom is -0.478 e. The highest BCUT2D eigenvalue weighted by Gasteiger charge is 2.22. The molecule has 0 amide bonds.